The van der Waals surface area contributed by atoms with Crippen LogP contribution in [0.25, 0.3) is 0 Å². The molecule has 0 spiro atoms. The average Bonchev–Trinajstić information content (AvgIpc) is 2.26. The van der Waals surface area contributed by atoms with Crippen LogP contribution in [0.5, 0.6) is 5.75 Å². The average molecular weight is 283 g/mol. The quantitative estimate of drug-likeness (QED) is 0.761. The van der Waals surface area contributed by atoms with Crippen molar-refractivity contribution in [2.45, 2.75) is 52.5 Å². The first-order chi connectivity index (χ1) is 8.51. The Hall–Kier alpha value is -1.02. The number of alkyl halides is 1. The molecule has 1 aromatic carbocycles. The third kappa shape index (κ3) is 4.54. The Morgan fingerprint density at radius 1 is 1.05 bits per heavy atom. The Morgan fingerprint density at radius 2 is 1.53 bits per heavy atom. The lowest BCUT2D eigenvalue weighted by atomic mass is 9.87. The maximum absolute atomic E-state index is 11.9. The molecular weight excluding hydrogens is 260 g/mol. The minimum atomic E-state index is -0.944. The number of carbonyl (C=O) groups is 1. The van der Waals surface area contributed by atoms with E-state index in [4.69, 9.17) is 16.3 Å². The summed E-state index contributed by atoms with van der Waals surface area (Å²) < 4.78 is 5.49. The minimum Gasteiger partial charge on any atom is -0.467 e. The molecule has 1 aromatic rings. The zero-order valence-corrected chi connectivity index (χ0v) is 13.3. The molecule has 1 rings (SSSR count). The number of ketones is 1. The van der Waals surface area contributed by atoms with Crippen molar-refractivity contribution >= 4 is 17.4 Å². The topological polar surface area (TPSA) is 26.3 Å². The molecule has 0 saturated carbocycles. The summed E-state index contributed by atoms with van der Waals surface area (Å²) in [4.78, 5) is 11.9. The molecule has 0 heterocycles. The van der Waals surface area contributed by atoms with Gasteiger partial charge in [0.15, 0.2) is 5.78 Å². The molecule has 19 heavy (non-hydrogen) atoms. The van der Waals surface area contributed by atoms with Crippen LogP contribution in [0.3, 0.4) is 0 Å². The van der Waals surface area contributed by atoms with E-state index in [1.54, 1.807) is 0 Å². The van der Waals surface area contributed by atoms with E-state index >= 15 is 0 Å². The Labute approximate surface area is 121 Å². The third-order valence-corrected chi connectivity index (χ3v) is 3.19. The predicted octanol–water partition coefficient (Wildman–Crippen LogP) is 4.54. The highest BCUT2D eigenvalue weighted by atomic mass is 35.5. The highest BCUT2D eigenvalue weighted by molar-refractivity contribution is 6.30. The molecule has 3 heteroatoms. The third-order valence-electron chi connectivity index (χ3n) is 2.91. The molecule has 0 bridgehead atoms. The lowest BCUT2D eigenvalue weighted by Crippen LogP contribution is -2.32. The Balaban J connectivity index is 2.77. The van der Waals surface area contributed by atoms with Crippen molar-refractivity contribution in [2.24, 2.45) is 5.41 Å². The van der Waals surface area contributed by atoms with Crippen molar-refractivity contribution in [2.75, 3.05) is 0 Å². The van der Waals surface area contributed by atoms with Gasteiger partial charge in [-0.05, 0) is 23.1 Å². The fraction of sp³-hybridized carbons (Fsp3) is 0.562. The number of benzene rings is 1. The van der Waals surface area contributed by atoms with Gasteiger partial charge in [-0.25, -0.2) is 0 Å². The van der Waals surface area contributed by atoms with Crippen LogP contribution < -0.4 is 4.74 Å². The van der Waals surface area contributed by atoms with Crippen LogP contribution >= 0.6 is 11.6 Å². The monoisotopic (exact) mass is 282 g/mol. The van der Waals surface area contributed by atoms with Gasteiger partial charge in [0, 0.05) is 5.41 Å². The van der Waals surface area contributed by atoms with E-state index in [1.165, 1.54) is 5.56 Å². The second-order valence-corrected chi connectivity index (χ2v) is 7.22. The van der Waals surface area contributed by atoms with Gasteiger partial charge in [0.2, 0.25) is 5.56 Å². The molecule has 0 aliphatic rings. The first-order valence-corrected chi connectivity index (χ1v) is 6.91. The predicted molar refractivity (Wildman–Crippen MR) is 79.9 cm³/mol. The van der Waals surface area contributed by atoms with Gasteiger partial charge < -0.3 is 4.74 Å². The van der Waals surface area contributed by atoms with Gasteiger partial charge in [0.25, 0.3) is 0 Å². The van der Waals surface area contributed by atoms with Gasteiger partial charge in [-0.1, -0.05) is 65.3 Å². The number of carbonyl (C=O) groups excluding carboxylic acids is 1. The normalized spacial score (nSPS) is 14.1. The fourth-order valence-electron chi connectivity index (χ4n) is 1.55. The van der Waals surface area contributed by atoms with Crippen LogP contribution in [-0.2, 0) is 10.2 Å². The molecular formula is C16H23ClO2. The molecule has 1 atom stereocenters. The summed E-state index contributed by atoms with van der Waals surface area (Å²) in [5.74, 6) is 0.500. The van der Waals surface area contributed by atoms with E-state index in [9.17, 15) is 4.79 Å². The van der Waals surface area contributed by atoms with Gasteiger partial charge in [0.1, 0.15) is 5.75 Å². The van der Waals surface area contributed by atoms with Crippen LogP contribution in [0.15, 0.2) is 24.3 Å². The number of halogens is 1. The van der Waals surface area contributed by atoms with E-state index < -0.39 is 11.0 Å². The highest BCUT2D eigenvalue weighted by Crippen LogP contribution is 2.26. The van der Waals surface area contributed by atoms with Crippen molar-refractivity contribution < 1.29 is 9.53 Å². The van der Waals surface area contributed by atoms with Crippen molar-refractivity contribution in [3.05, 3.63) is 29.8 Å². The SMILES string of the molecule is CC(C)(C)C(=O)C(Cl)Oc1ccc(C(C)(C)C)cc1. The van der Waals surface area contributed by atoms with Crippen LogP contribution in [-0.4, -0.2) is 11.3 Å². The molecule has 0 amide bonds. The van der Waals surface area contributed by atoms with Crippen molar-refractivity contribution in [3.63, 3.8) is 0 Å². The van der Waals surface area contributed by atoms with Crippen LogP contribution in [0.2, 0.25) is 0 Å². The molecule has 0 saturated heterocycles. The van der Waals surface area contributed by atoms with Gasteiger partial charge >= 0.3 is 0 Å². The van der Waals surface area contributed by atoms with Crippen molar-refractivity contribution in [3.8, 4) is 5.75 Å². The maximum Gasteiger partial charge on any atom is 0.230 e. The van der Waals surface area contributed by atoms with E-state index in [0.29, 0.717) is 5.75 Å². The number of rotatable bonds is 3. The largest absolute Gasteiger partial charge is 0.467 e. The number of hydrogen-bond donors (Lipinski definition) is 0. The van der Waals surface area contributed by atoms with Crippen molar-refractivity contribution in [1.29, 1.82) is 0 Å². The number of hydrogen-bond acceptors (Lipinski definition) is 2. The first kappa shape index (κ1) is 16.0. The summed E-state index contributed by atoms with van der Waals surface area (Å²) in [5.41, 5.74) is -0.133. The number of ether oxygens (including phenoxy) is 1. The maximum atomic E-state index is 11.9. The number of Topliss-reactive ketones (excluding diaryl/α,β-unsaturated/α-hetero) is 1. The lowest BCUT2D eigenvalue weighted by molar-refractivity contribution is -0.130. The Kier molecular flexibility index (Phi) is 4.67. The summed E-state index contributed by atoms with van der Waals surface area (Å²) in [7, 11) is 0. The molecule has 0 radical (unpaired) electrons. The summed E-state index contributed by atoms with van der Waals surface area (Å²) in [6, 6.07) is 7.71. The molecule has 0 N–H and O–H groups in total. The zero-order chi connectivity index (χ0) is 14.8. The fourth-order valence-corrected chi connectivity index (χ4v) is 1.98. The molecule has 1 unspecified atom stereocenters. The van der Waals surface area contributed by atoms with E-state index in [1.807, 2.05) is 45.0 Å². The lowest BCUT2D eigenvalue weighted by Gasteiger charge is -2.22. The van der Waals surface area contributed by atoms with Crippen LogP contribution in [0.1, 0.15) is 47.1 Å². The Bertz CT molecular complexity index is 435. The summed E-state index contributed by atoms with van der Waals surface area (Å²) in [6.07, 6.45) is 0. The molecule has 0 aliphatic carbocycles. The van der Waals surface area contributed by atoms with Gasteiger partial charge in [-0.3, -0.25) is 4.79 Å². The second-order valence-electron chi connectivity index (χ2n) is 6.82. The highest BCUT2D eigenvalue weighted by Gasteiger charge is 2.29. The minimum absolute atomic E-state index is 0.0973. The van der Waals surface area contributed by atoms with Gasteiger partial charge in [-0.15, -0.1) is 0 Å². The summed E-state index contributed by atoms with van der Waals surface area (Å²) in [5, 5.41) is 0. The second kappa shape index (κ2) is 5.54. The van der Waals surface area contributed by atoms with Gasteiger partial charge in [-0.2, -0.15) is 0 Å². The summed E-state index contributed by atoms with van der Waals surface area (Å²) >= 11 is 6.01. The molecule has 2 nitrogen and oxygen atoms in total. The smallest absolute Gasteiger partial charge is 0.230 e. The molecule has 0 aromatic heterocycles. The molecule has 0 aliphatic heterocycles. The van der Waals surface area contributed by atoms with Crippen molar-refractivity contribution in [1.82, 2.24) is 0 Å². The molecule has 106 valence electrons. The zero-order valence-electron chi connectivity index (χ0n) is 12.6. The first-order valence-electron chi connectivity index (χ1n) is 6.47. The Morgan fingerprint density at radius 3 is 1.89 bits per heavy atom. The summed E-state index contributed by atoms with van der Waals surface area (Å²) in [6.45, 7) is 11.9. The standard InChI is InChI=1S/C16H23ClO2/c1-15(2,3)11-7-9-12(10-8-11)19-14(17)13(18)16(4,5)6/h7-10,14H,1-6H3. The van der Waals surface area contributed by atoms with Crippen LogP contribution in [0.4, 0.5) is 0 Å². The van der Waals surface area contributed by atoms with E-state index in [2.05, 4.69) is 20.8 Å². The van der Waals surface area contributed by atoms with Gasteiger partial charge in [0.05, 0.1) is 0 Å². The van der Waals surface area contributed by atoms with Crippen LogP contribution in [0, 0.1) is 5.41 Å². The van der Waals surface area contributed by atoms with E-state index in [-0.39, 0.29) is 11.2 Å². The van der Waals surface area contributed by atoms with E-state index in [0.717, 1.165) is 0 Å². The molecule has 0 fully saturated rings.